The normalized spacial score (nSPS) is 17.4. The van der Waals surface area contributed by atoms with Crippen LogP contribution >= 0.6 is 0 Å². The Morgan fingerprint density at radius 2 is 2.24 bits per heavy atom. The zero-order valence-electron chi connectivity index (χ0n) is 15.2. The Hall–Kier alpha value is -2.50. The van der Waals surface area contributed by atoms with Gasteiger partial charge in [-0.2, -0.15) is 5.10 Å². The molecule has 2 heterocycles. The Labute approximate surface area is 149 Å². The number of aromatic amines is 1. The first kappa shape index (κ1) is 17.3. The van der Waals surface area contributed by atoms with E-state index in [1.807, 2.05) is 31.4 Å². The van der Waals surface area contributed by atoms with Crippen LogP contribution in [0.2, 0.25) is 0 Å². The third kappa shape index (κ3) is 3.95. The smallest absolute Gasteiger partial charge is 0.318 e. The highest BCUT2D eigenvalue weighted by atomic mass is 16.2. The number of likely N-dealkylation sites (tertiary alicyclic amines) is 1. The maximum Gasteiger partial charge on any atom is 0.318 e. The molecule has 1 aromatic carbocycles. The van der Waals surface area contributed by atoms with Crippen LogP contribution in [0.15, 0.2) is 30.6 Å². The van der Waals surface area contributed by atoms with Crippen molar-refractivity contribution in [2.45, 2.75) is 38.8 Å². The average molecular weight is 341 g/mol. The molecule has 0 unspecified atom stereocenters. The average Bonchev–Trinajstić information content (AvgIpc) is 3.14. The molecule has 0 saturated carbocycles. The lowest BCUT2D eigenvalue weighted by molar-refractivity contribution is 0.151. The first-order chi connectivity index (χ1) is 12.1. The quantitative estimate of drug-likeness (QED) is 0.897. The molecule has 1 aromatic heterocycles. The summed E-state index contributed by atoms with van der Waals surface area (Å²) >= 11 is 0. The number of nitrogens with zero attached hydrogens (tertiary/aromatic N) is 3. The number of carbonyl (C=O) groups is 1. The van der Waals surface area contributed by atoms with Crippen LogP contribution in [-0.2, 0) is 6.54 Å². The third-order valence-corrected chi connectivity index (χ3v) is 4.82. The van der Waals surface area contributed by atoms with Crippen molar-refractivity contribution in [1.82, 2.24) is 20.4 Å². The fraction of sp³-hybridized carbons (Fsp3) is 0.474. The Kier molecular flexibility index (Phi) is 5.26. The van der Waals surface area contributed by atoms with Gasteiger partial charge in [-0.15, -0.1) is 0 Å². The van der Waals surface area contributed by atoms with Gasteiger partial charge in [-0.05, 0) is 43.4 Å². The Balaban J connectivity index is 1.69. The summed E-state index contributed by atoms with van der Waals surface area (Å²) in [7, 11) is 4.05. The van der Waals surface area contributed by atoms with Crippen LogP contribution < -0.4 is 10.2 Å². The van der Waals surface area contributed by atoms with Crippen molar-refractivity contribution < 1.29 is 4.79 Å². The van der Waals surface area contributed by atoms with Crippen LogP contribution in [0.1, 0.15) is 42.0 Å². The standard InChI is InChI=1S/C19H27N5O/c1-14-7-8-15(18(10-14)23(2)3)11-20-19(25)24-9-5-4-6-17(24)16-12-21-22-13-16/h7-8,10,12-13,17H,4-6,9,11H2,1-3H3,(H,20,25)(H,21,22)/t17-/m1/s1. The summed E-state index contributed by atoms with van der Waals surface area (Å²) in [6.07, 6.45) is 6.89. The number of aryl methyl sites for hydroxylation is 1. The van der Waals surface area contributed by atoms with Gasteiger partial charge >= 0.3 is 6.03 Å². The largest absolute Gasteiger partial charge is 0.377 e. The molecule has 6 heteroatoms. The van der Waals surface area contributed by atoms with Crippen LogP contribution in [-0.4, -0.2) is 41.8 Å². The first-order valence-corrected chi connectivity index (χ1v) is 8.86. The number of amides is 2. The molecule has 0 aliphatic carbocycles. The van der Waals surface area contributed by atoms with Crippen LogP contribution in [0.4, 0.5) is 10.5 Å². The van der Waals surface area contributed by atoms with Gasteiger partial charge in [0.1, 0.15) is 0 Å². The predicted octanol–water partition coefficient (Wildman–Crippen LogP) is 3.22. The van der Waals surface area contributed by atoms with Crippen LogP contribution in [0, 0.1) is 6.92 Å². The lowest BCUT2D eigenvalue weighted by atomic mass is 9.98. The molecule has 2 aromatic rings. The predicted molar refractivity (Wildman–Crippen MR) is 99.6 cm³/mol. The zero-order valence-corrected chi connectivity index (χ0v) is 15.2. The summed E-state index contributed by atoms with van der Waals surface area (Å²) in [6.45, 7) is 3.40. The first-order valence-electron chi connectivity index (χ1n) is 8.86. The summed E-state index contributed by atoms with van der Waals surface area (Å²) in [6, 6.07) is 6.43. The second-order valence-corrected chi connectivity index (χ2v) is 6.92. The molecule has 1 fully saturated rings. The molecule has 1 aliphatic rings. The van der Waals surface area contributed by atoms with E-state index >= 15 is 0 Å². The highest BCUT2D eigenvalue weighted by Crippen LogP contribution is 2.30. The SMILES string of the molecule is Cc1ccc(CNC(=O)N2CCCC[C@@H]2c2cn[nH]c2)c(N(C)C)c1. The molecule has 2 N–H and O–H groups in total. The molecular weight excluding hydrogens is 314 g/mol. The topological polar surface area (TPSA) is 64.3 Å². The lowest BCUT2D eigenvalue weighted by Gasteiger charge is -2.35. The second kappa shape index (κ2) is 7.59. The number of H-pyrrole nitrogens is 1. The van der Waals surface area contributed by atoms with E-state index in [1.165, 1.54) is 5.56 Å². The van der Waals surface area contributed by atoms with Gasteiger partial charge in [0.25, 0.3) is 0 Å². The van der Waals surface area contributed by atoms with E-state index in [0.717, 1.165) is 42.6 Å². The molecule has 0 bridgehead atoms. The van der Waals surface area contributed by atoms with Crippen LogP contribution in [0.5, 0.6) is 0 Å². The molecule has 1 saturated heterocycles. The lowest BCUT2D eigenvalue weighted by Crippen LogP contribution is -2.44. The van der Waals surface area contributed by atoms with Gasteiger partial charge in [0.05, 0.1) is 12.2 Å². The summed E-state index contributed by atoms with van der Waals surface area (Å²) in [4.78, 5) is 16.8. The molecule has 134 valence electrons. The Morgan fingerprint density at radius 3 is 2.96 bits per heavy atom. The van der Waals surface area contributed by atoms with Gasteiger partial charge in [0, 0.05) is 44.6 Å². The number of nitrogens with one attached hydrogen (secondary N) is 2. The molecule has 25 heavy (non-hydrogen) atoms. The van der Waals surface area contributed by atoms with E-state index < -0.39 is 0 Å². The summed E-state index contributed by atoms with van der Waals surface area (Å²) < 4.78 is 0. The molecule has 0 spiro atoms. The van der Waals surface area contributed by atoms with Crippen molar-refractivity contribution >= 4 is 11.7 Å². The number of aromatic nitrogens is 2. The molecule has 3 rings (SSSR count). The maximum absolute atomic E-state index is 12.8. The van der Waals surface area contributed by atoms with Crippen molar-refractivity contribution in [3.05, 3.63) is 47.3 Å². The molecule has 1 atom stereocenters. The third-order valence-electron chi connectivity index (χ3n) is 4.82. The van der Waals surface area contributed by atoms with Crippen LogP contribution in [0.3, 0.4) is 0 Å². The van der Waals surface area contributed by atoms with Gasteiger partial charge < -0.3 is 15.1 Å². The minimum atomic E-state index is -0.00354. The number of hydrogen-bond donors (Lipinski definition) is 2. The highest BCUT2D eigenvalue weighted by molar-refractivity contribution is 5.75. The van der Waals surface area contributed by atoms with E-state index in [-0.39, 0.29) is 12.1 Å². The Bertz CT molecular complexity index is 711. The fourth-order valence-corrected chi connectivity index (χ4v) is 3.48. The van der Waals surface area contributed by atoms with E-state index in [4.69, 9.17) is 0 Å². The van der Waals surface area contributed by atoms with Gasteiger partial charge in [0.2, 0.25) is 0 Å². The van der Waals surface area contributed by atoms with Crippen molar-refractivity contribution in [3.63, 3.8) is 0 Å². The van der Waals surface area contributed by atoms with Crippen molar-refractivity contribution in [2.24, 2.45) is 0 Å². The van der Waals surface area contributed by atoms with Crippen LogP contribution in [0.25, 0.3) is 0 Å². The molecule has 6 nitrogen and oxygen atoms in total. The summed E-state index contributed by atoms with van der Waals surface area (Å²) in [5, 5.41) is 10.00. The minimum absolute atomic E-state index is 0.00354. The molecule has 0 radical (unpaired) electrons. The minimum Gasteiger partial charge on any atom is -0.377 e. The number of benzene rings is 1. The van der Waals surface area contributed by atoms with E-state index in [0.29, 0.717) is 6.54 Å². The van der Waals surface area contributed by atoms with E-state index in [9.17, 15) is 4.79 Å². The number of urea groups is 1. The molecular formula is C19H27N5O. The van der Waals surface area contributed by atoms with Gasteiger partial charge in [0.15, 0.2) is 0 Å². The number of rotatable bonds is 4. The van der Waals surface area contributed by atoms with Gasteiger partial charge in [-0.1, -0.05) is 12.1 Å². The van der Waals surface area contributed by atoms with Crippen molar-refractivity contribution in [2.75, 3.05) is 25.5 Å². The highest BCUT2D eigenvalue weighted by Gasteiger charge is 2.28. The number of piperidine rings is 1. The van der Waals surface area contributed by atoms with Crippen molar-refractivity contribution in [3.8, 4) is 0 Å². The zero-order chi connectivity index (χ0) is 17.8. The number of hydrogen-bond acceptors (Lipinski definition) is 3. The maximum atomic E-state index is 12.8. The fourth-order valence-electron chi connectivity index (χ4n) is 3.48. The van der Waals surface area contributed by atoms with Gasteiger partial charge in [-0.25, -0.2) is 4.79 Å². The van der Waals surface area contributed by atoms with Crippen molar-refractivity contribution in [1.29, 1.82) is 0 Å². The van der Waals surface area contributed by atoms with E-state index in [2.05, 4.69) is 45.5 Å². The number of carbonyl (C=O) groups excluding carboxylic acids is 1. The Morgan fingerprint density at radius 1 is 1.40 bits per heavy atom. The number of anilines is 1. The summed E-state index contributed by atoms with van der Waals surface area (Å²) in [5.41, 5.74) is 4.57. The monoisotopic (exact) mass is 341 g/mol. The molecule has 1 aliphatic heterocycles. The second-order valence-electron chi connectivity index (χ2n) is 6.92. The molecule has 2 amide bonds. The van der Waals surface area contributed by atoms with Gasteiger partial charge in [-0.3, -0.25) is 5.10 Å². The summed E-state index contributed by atoms with van der Waals surface area (Å²) in [5.74, 6) is 0. The van der Waals surface area contributed by atoms with E-state index in [1.54, 1.807) is 0 Å².